The van der Waals surface area contributed by atoms with Crippen molar-refractivity contribution in [3.63, 3.8) is 0 Å². The number of rotatable bonds is 7. The Balaban J connectivity index is 1.59. The van der Waals surface area contributed by atoms with Gasteiger partial charge in [0.2, 0.25) is 0 Å². The Labute approximate surface area is 172 Å². The van der Waals surface area contributed by atoms with Gasteiger partial charge in [0.15, 0.2) is 6.61 Å². The molecule has 0 aliphatic carbocycles. The van der Waals surface area contributed by atoms with Crippen LogP contribution in [0, 0.1) is 5.82 Å². The summed E-state index contributed by atoms with van der Waals surface area (Å²) in [7, 11) is 0. The smallest absolute Gasteiger partial charge is 0.262 e. The molecule has 7 heteroatoms. The normalized spacial score (nSPS) is 10.3. The molecular formula is C22H18ClFN2O3. The van der Waals surface area contributed by atoms with Crippen LogP contribution in [0.5, 0.6) is 5.75 Å². The molecular weight excluding hydrogens is 395 g/mol. The number of halogens is 2. The molecule has 0 aromatic heterocycles. The first-order valence-corrected chi connectivity index (χ1v) is 9.19. The minimum atomic E-state index is -0.500. The van der Waals surface area contributed by atoms with Crippen LogP contribution < -0.4 is 15.4 Å². The van der Waals surface area contributed by atoms with Gasteiger partial charge >= 0.3 is 0 Å². The van der Waals surface area contributed by atoms with Crippen LogP contribution in [0.3, 0.4) is 0 Å². The van der Waals surface area contributed by atoms with E-state index < -0.39 is 11.7 Å². The Morgan fingerprint density at radius 1 is 0.966 bits per heavy atom. The maximum absolute atomic E-state index is 13.1. The van der Waals surface area contributed by atoms with Gasteiger partial charge in [0.05, 0.1) is 16.3 Å². The molecule has 2 N–H and O–H groups in total. The number of hydrogen-bond acceptors (Lipinski definition) is 3. The first-order chi connectivity index (χ1) is 14.0. The third kappa shape index (κ3) is 5.80. The van der Waals surface area contributed by atoms with Crippen molar-refractivity contribution >= 4 is 29.1 Å². The van der Waals surface area contributed by atoms with E-state index in [1.165, 1.54) is 12.1 Å². The fourth-order valence-electron chi connectivity index (χ4n) is 2.57. The molecule has 0 spiro atoms. The molecule has 5 nitrogen and oxygen atoms in total. The summed E-state index contributed by atoms with van der Waals surface area (Å²) >= 11 is 5.89. The molecule has 0 unspecified atom stereocenters. The van der Waals surface area contributed by atoms with E-state index in [-0.39, 0.29) is 29.0 Å². The van der Waals surface area contributed by atoms with E-state index in [2.05, 4.69) is 10.6 Å². The number of benzene rings is 3. The highest BCUT2D eigenvalue weighted by Gasteiger charge is 2.14. The maximum atomic E-state index is 13.1. The summed E-state index contributed by atoms with van der Waals surface area (Å²) in [4.78, 5) is 24.6. The molecule has 2 amide bonds. The van der Waals surface area contributed by atoms with Crippen LogP contribution in [-0.2, 0) is 11.3 Å². The second kappa shape index (κ2) is 9.71. The minimum absolute atomic E-state index is 0.0824. The molecule has 0 atom stereocenters. The van der Waals surface area contributed by atoms with Crippen molar-refractivity contribution in [3.05, 3.63) is 94.8 Å². The average Bonchev–Trinajstić information content (AvgIpc) is 2.73. The van der Waals surface area contributed by atoms with Crippen LogP contribution in [0.25, 0.3) is 0 Å². The Hall–Kier alpha value is -3.38. The first-order valence-electron chi connectivity index (χ1n) is 8.82. The summed E-state index contributed by atoms with van der Waals surface area (Å²) < 4.78 is 18.6. The maximum Gasteiger partial charge on any atom is 0.262 e. The number of para-hydroxylation sites is 1. The zero-order valence-corrected chi connectivity index (χ0v) is 16.1. The number of ether oxygens (including phenoxy) is 1. The Morgan fingerprint density at radius 3 is 2.45 bits per heavy atom. The van der Waals surface area contributed by atoms with Gasteiger partial charge in [0.25, 0.3) is 11.8 Å². The predicted molar refractivity (Wildman–Crippen MR) is 110 cm³/mol. The van der Waals surface area contributed by atoms with Gasteiger partial charge < -0.3 is 15.4 Å². The Kier molecular flexibility index (Phi) is 6.81. The Morgan fingerprint density at radius 2 is 1.69 bits per heavy atom. The lowest BCUT2D eigenvalue weighted by Gasteiger charge is -2.12. The van der Waals surface area contributed by atoms with Crippen molar-refractivity contribution in [2.75, 3.05) is 11.9 Å². The third-order valence-electron chi connectivity index (χ3n) is 3.99. The highest BCUT2D eigenvalue weighted by atomic mass is 35.5. The predicted octanol–water partition coefficient (Wildman–Crippen LogP) is 4.43. The van der Waals surface area contributed by atoms with Crippen LogP contribution in [-0.4, -0.2) is 18.4 Å². The number of carbonyl (C=O) groups is 2. The largest absolute Gasteiger partial charge is 0.483 e. The van der Waals surface area contributed by atoms with E-state index in [4.69, 9.17) is 16.3 Å². The van der Waals surface area contributed by atoms with Crippen molar-refractivity contribution in [3.8, 4) is 5.75 Å². The molecule has 0 radical (unpaired) electrons. The van der Waals surface area contributed by atoms with Gasteiger partial charge in [0, 0.05) is 6.54 Å². The van der Waals surface area contributed by atoms with Gasteiger partial charge in [-0.25, -0.2) is 4.39 Å². The molecule has 0 saturated carbocycles. The second-order valence-corrected chi connectivity index (χ2v) is 6.53. The fraction of sp³-hybridized carbons (Fsp3) is 0.0909. The lowest BCUT2D eigenvalue weighted by atomic mass is 10.1. The molecule has 0 fully saturated rings. The van der Waals surface area contributed by atoms with Gasteiger partial charge in [-0.15, -0.1) is 0 Å². The zero-order chi connectivity index (χ0) is 20.6. The summed E-state index contributed by atoms with van der Waals surface area (Å²) in [5, 5.41) is 5.45. The van der Waals surface area contributed by atoms with E-state index in [9.17, 15) is 14.0 Å². The zero-order valence-electron chi connectivity index (χ0n) is 15.3. The number of hydrogen-bond donors (Lipinski definition) is 2. The minimum Gasteiger partial charge on any atom is -0.483 e. The first kappa shape index (κ1) is 20.4. The van der Waals surface area contributed by atoms with E-state index >= 15 is 0 Å². The van der Waals surface area contributed by atoms with E-state index in [0.717, 1.165) is 11.6 Å². The van der Waals surface area contributed by atoms with E-state index in [0.29, 0.717) is 12.1 Å². The van der Waals surface area contributed by atoms with Crippen molar-refractivity contribution in [2.24, 2.45) is 0 Å². The molecule has 148 valence electrons. The molecule has 0 heterocycles. The third-order valence-corrected chi connectivity index (χ3v) is 4.30. The van der Waals surface area contributed by atoms with Crippen molar-refractivity contribution in [1.82, 2.24) is 5.32 Å². The summed E-state index contributed by atoms with van der Waals surface area (Å²) in [5.41, 5.74) is 1.56. The van der Waals surface area contributed by atoms with E-state index in [1.807, 2.05) is 30.3 Å². The highest BCUT2D eigenvalue weighted by molar-refractivity contribution is 6.33. The lowest BCUT2D eigenvalue weighted by Crippen LogP contribution is -2.25. The second-order valence-electron chi connectivity index (χ2n) is 6.13. The number of carbonyl (C=O) groups excluding carboxylic acids is 2. The fourth-order valence-corrected chi connectivity index (χ4v) is 2.79. The highest BCUT2D eigenvalue weighted by Crippen LogP contribution is 2.23. The molecule has 0 aliphatic heterocycles. The van der Waals surface area contributed by atoms with Gasteiger partial charge in [-0.05, 0) is 35.9 Å². The average molecular weight is 413 g/mol. The summed E-state index contributed by atoms with van der Waals surface area (Å²) in [6, 6.07) is 19.8. The molecule has 3 aromatic rings. The standard InChI is InChI=1S/C22H18ClFN2O3/c23-18-12-16(24)10-11-19(18)26-21(27)14-29-20-9-5-4-8-17(20)22(28)25-13-15-6-2-1-3-7-15/h1-12H,13-14H2,(H,25,28)(H,26,27). The SMILES string of the molecule is O=C(COc1ccccc1C(=O)NCc1ccccc1)Nc1ccc(F)cc1Cl. The number of anilines is 1. The summed E-state index contributed by atoms with van der Waals surface area (Å²) in [6.07, 6.45) is 0. The Bertz CT molecular complexity index is 1010. The molecule has 0 aliphatic rings. The van der Waals surface area contributed by atoms with Gasteiger partial charge in [-0.2, -0.15) is 0 Å². The summed E-state index contributed by atoms with van der Waals surface area (Å²) in [5.74, 6) is -1.03. The van der Waals surface area contributed by atoms with Crippen molar-refractivity contribution < 1.29 is 18.7 Å². The van der Waals surface area contributed by atoms with Crippen LogP contribution in [0.15, 0.2) is 72.8 Å². The number of amides is 2. The van der Waals surface area contributed by atoms with Crippen molar-refractivity contribution in [1.29, 1.82) is 0 Å². The van der Waals surface area contributed by atoms with E-state index in [1.54, 1.807) is 24.3 Å². The van der Waals surface area contributed by atoms with Crippen LogP contribution in [0.1, 0.15) is 15.9 Å². The molecule has 0 saturated heterocycles. The van der Waals surface area contributed by atoms with Crippen LogP contribution in [0.2, 0.25) is 5.02 Å². The topological polar surface area (TPSA) is 67.4 Å². The van der Waals surface area contributed by atoms with Gasteiger partial charge in [-0.3, -0.25) is 9.59 Å². The van der Waals surface area contributed by atoms with Crippen molar-refractivity contribution in [2.45, 2.75) is 6.54 Å². The van der Waals surface area contributed by atoms with Crippen LogP contribution in [0.4, 0.5) is 10.1 Å². The quantitative estimate of drug-likeness (QED) is 0.603. The van der Waals surface area contributed by atoms with Gasteiger partial charge in [-0.1, -0.05) is 54.1 Å². The molecule has 0 bridgehead atoms. The monoisotopic (exact) mass is 412 g/mol. The van der Waals surface area contributed by atoms with Crippen LogP contribution >= 0.6 is 11.6 Å². The molecule has 3 aromatic carbocycles. The molecule has 3 rings (SSSR count). The summed E-state index contributed by atoms with van der Waals surface area (Å²) in [6.45, 7) is 0.0360. The van der Waals surface area contributed by atoms with Gasteiger partial charge in [0.1, 0.15) is 11.6 Å². The molecule has 29 heavy (non-hydrogen) atoms. The number of nitrogens with one attached hydrogen (secondary N) is 2. The lowest BCUT2D eigenvalue weighted by molar-refractivity contribution is -0.118.